The molecule has 6 aliphatic carbocycles. The second-order valence-electron chi connectivity index (χ2n) is 14.8. The summed E-state index contributed by atoms with van der Waals surface area (Å²) in [4.78, 5) is 38.1. The topological polar surface area (TPSA) is 101 Å². The Morgan fingerprint density at radius 2 is 1.43 bits per heavy atom. The molecular weight excluding hydrogens is 468 g/mol. The van der Waals surface area contributed by atoms with Gasteiger partial charge in [0.25, 0.3) is 0 Å². The first-order chi connectivity index (χ1) is 17.5. The highest BCUT2D eigenvalue weighted by Crippen LogP contribution is 2.72. The zero-order chi connectivity index (χ0) is 26.4. The predicted octanol–water partition coefficient (Wildman–Crippen LogP) is 5.59. The van der Waals surface area contributed by atoms with Crippen LogP contribution in [0.3, 0.4) is 0 Å². The van der Waals surface area contributed by atoms with Gasteiger partial charge >= 0.3 is 17.9 Å². The van der Waals surface area contributed by atoms with E-state index < -0.39 is 29.2 Å². The molecule has 14 unspecified atom stereocenters. The van der Waals surface area contributed by atoms with Crippen LogP contribution in [0, 0.1) is 88.3 Å². The van der Waals surface area contributed by atoms with E-state index in [4.69, 9.17) is 4.74 Å². The molecule has 0 spiro atoms. The lowest BCUT2D eigenvalue weighted by Gasteiger charge is -2.47. The van der Waals surface area contributed by atoms with Gasteiger partial charge in [-0.15, -0.1) is 0 Å². The first kappa shape index (κ1) is 25.7. The maximum Gasteiger partial charge on any atom is 0.311 e. The van der Waals surface area contributed by atoms with Gasteiger partial charge in [0.15, 0.2) is 0 Å². The van der Waals surface area contributed by atoms with Gasteiger partial charge in [0.2, 0.25) is 0 Å². The number of hydrogen-bond donors (Lipinski definition) is 2. The van der Waals surface area contributed by atoms with E-state index in [9.17, 15) is 24.6 Å². The average Bonchev–Trinajstić information content (AvgIpc) is 3.66. The molecule has 0 aromatic rings. The first-order valence-corrected chi connectivity index (χ1v) is 15.1. The quantitative estimate of drug-likeness (QED) is 0.307. The van der Waals surface area contributed by atoms with Gasteiger partial charge in [0.05, 0.1) is 23.9 Å². The Bertz CT molecular complexity index is 955. The van der Waals surface area contributed by atoms with Gasteiger partial charge in [0.1, 0.15) is 0 Å². The third-order valence-electron chi connectivity index (χ3n) is 13.0. The van der Waals surface area contributed by atoms with Crippen molar-refractivity contribution in [3.8, 4) is 0 Å². The molecule has 0 saturated heterocycles. The summed E-state index contributed by atoms with van der Waals surface area (Å²) >= 11 is 0. The Morgan fingerprint density at radius 3 is 2.03 bits per heavy atom. The fourth-order valence-electron chi connectivity index (χ4n) is 11.5. The lowest BCUT2D eigenvalue weighted by atomic mass is 9.57. The minimum Gasteiger partial charge on any atom is -0.481 e. The van der Waals surface area contributed by atoms with E-state index in [0.717, 1.165) is 18.3 Å². The number of rotatable bonds is 9. The molecule has 0 aromatic carbocycles. The highest BCUT2D eigenvalue weighted by Gasteiger charge is 2.68. The predicted molar refractivity (Wildman–Crippen MR) is 137 cm³/mol. The van der Waals surface area contributed by atoms with Crippen LogP contribution in [-0.4, -0.2) is 34.7 Å². The molecule has 6 bridgehead atoms. The molecule has 6 fully saturated rings. The summed E-state index contributed by atoms with van der Waals surface area (Å²) in [7, 11) is 0. The van der Waals surface area contributed by atoms with Crippen molar-refractivity contribution >= 4 is 17.9 Å². The van der Waals surface area contributed by atoms with Crippen molar-refractivity contribution in [2.45, 2.75) is 79.1 Å². The fourth-order valence-corrected chi connectivity index (χ4v) is 11.5. The minimum absolute atomic E-state index is 0.0671. The van der Waals surface area contributed by atoms with Crippen molar-refractivity contribution in [3.63, 3.8) is 0 Å². The zero-order valence-electron chi connectivity index (χ0n) is 23.0. The molecular formula is C31H46O6. The number of hydrogen-bond acceptors (Lipinski definition) is 4. The maximum absolute atomic E-state index is 13.5. The van der Waals surface area contributed by atoms with Crippen LogP contribution in [0.4, 0.5) is 0 Å². The third-order valence-corrected chi connectivity index (χ3v) is 13.0. The molecule has 0 amide bonds. The van der Waals surface area contributed by atoms with Crippen LogP contribution >= 0.6 is 0 Å². The summed E-state index contributed by atoms with van der Waals surface area (Å²) < 4.78 is 6.02. The Balaban J connectivity index is 1.22. The molecule has 0 aromatic heterocycles. The van der Waals surface area contributed by atoms with Crippen molar-refractivity contribution < 1.29 is 29.3 Å². The lowest BCUT2D eigenvalue weighted by Crippen LogP contribution is -2.47. The van der Waals surface area contributed by atoms with Crippen LogP contribution in [0.1, 0.15) is 79.1 Å². The Labute approximate surface area is 221 Å². The van der Waals surface area contributed by atoms with E-state index in [0.29, 0.717) is 54.5 Å². The van der Waals surface area contributed by atoms with E-state index in [1.165, 1.54) is 38.5 Å². The lowest BCUT2D eigenvalue weighted by molar-refractivity contribution is -0.162. The van der Waals surface area contributed by atoms with Gasteiger partial charge in [-0.2, -0.15) is 0 Å². The molecule has 206 valence electrons. The average molecular weight is 515 g/mol. The molecule has 6 aliphatic rings. The van der Waals surface area contributed by atoms with E-state index in [1.54, 1.807) is 6.92 Å². The normalized spacial score (nSPS) is 46.7. The number of carbonyl (C=O) groups is 3. The van der Waals surface area contributed by atoms with Crippen LogP contribution in [0.15, 0.2) is 0 Å². The van der Waals surface area contributed by atoms with Crippen LogP contribution in [0.25, 0.3) is 0 Å². The van der Waals surface area contributed by atoms with E-state index in [2.05, 4.69) is 6.92 Å². The Morgan fingerprint density at radius 1 is 0.838 bits per heavy atom. The molecule has 37 heavy (non-hydrogen) atoms. The summed E-state index contributed by atoms with van der Waals surface area (Å²) in [6, 6.07) is 0. The molecule has 0 heterocycles. The third kappa shape index (κ3) is 3.89. The first-order valence-electron chi connectivity index (χ1n) is 15.1. The van der Waals surface area contributed by atoms with Crippen molar-refractivity contribution in [1.82, 2.24) is 0 Å². The van der Waals surface area contributed by atoms with Gasteiger partial charge in [-0.05, 0) is 136 Å². The second kappa shape index (κ2) is 8.98. The van der Waals surface area contributed by atoms with Gasteiger partial charge in [-0.3, -0.25) is 14.4 Å². The van der Waals surface area contributed by atoms with E-state index in [1.807, 2.05) is 13.8 Å². The SMILES string of the molecule is CC(C(=O)O)C(C(=O)O)C1C(CC(C)(C)C(=O)OCC2C3CCC(C3)C2C)C2CC1C1C3CCC(C3)C21. The van der Waals surface area contributed by atoms with Crippen molar-refractivity contribution in [2.75, 3.05) is 6.61 Å². The monoisotopic (exact) mass is 514 g/mol. The molecule has 6 nitrogen and oxygen atoms in total. The van der Waals surface area contributed by atoms with Crippen molar-refractivity contribution in [1.29, 1.82) is 0 Å². The number of carboxylic acid groups (broad SMARTS) is 2. The van der Waals surface area contributed by atoms with Crippen molar-refractivity contribution in [2.24, 2.45) is 88.3 Å². The number of ether oxygens (including phenoxy) is 1. The smallest absolute Gasteiger partial charge is 0.311 e. The van der Waals surface area contributed by atoms with Gasteiger partial charge in [-0.25, -0.2) is 0 Å². The molecule has 6 heteroatoms. The molecule has 6 saturated carbocycles. The molecule has 2 N–H and O–H groups in total. The largest absolute Gasteiger partial charge is 0.481 e. The standard InChI is InChI=1S/C31H46O6/c1-14-16-5-6-17(9-16)23(14)13-37-30(36)31(3,4)12-22-20-11-21(26-19-8-7-18(10-19)25(20)26)27(22)24(29(34)35)15(2)28(32)33/h14-27H,5-13H2,1-4H3,(H,32,33)(H,34,35). The zero-order valence-corrected chi connectivity index (χ0v) is 23.0. The summed E-state index contributed by atoms with van der Waals surface area (Å²) in [6.45, 7) is 8.33. The minimum atomic E-state index is -1.03. The van der Waals surface area contributed by atoms with Crippen LogP contribution in [0.5, 0.6) is 0 Å². The Kier molecular flexibility index (Phi) is 6.23. The molecule has 14 atom stereocenters. The second-order valence-corrected chi connectivity index (χ2v) is 14.8. The van der Waals surface area contributed by atoms with E-state index in [-0.39, 0.29) is 23.7 Å². The number of esters is 1. The van der Waals surface area contributed by atoms with Crippen LogP contribution in [0.2, 0.25) is 0 Å². The number of aliphatic carboxylic acids is 2. The van der Waals surface area contributed by atoms with Crippen LogP contribution < -0.4 is 0 Å². The molecule has 6 rings (SSSR count). The van der Waals surface area contributed by atoms with E-state index >= 15 is 0 Å². The highest BCUT2D eigenvalue weighted by atomic mass is 16.5. The highest BCUT2D eigenvalue weighted by molar-refractivity contribution is 5.80. The summed E-state index contributed by atoms with van der Waals surface area (Å²) in [6.07, 6.45) is 9.27. The van der Waals surface area contributed by atoms with Gasteiger partial charge < -0.3 is 14.9 Å². The number of carbonyl (C=O) groups excluding carboxylic acids is 1. The molecule has 0 aliphatic heterocycles. The Hall–Kier alpha value is -1.59. The number of fused-ring (bicyclic) bond motifs is 11. The van der Waals surface area contributed by atoms with Crippen LogP contribution in [-0.2, 0) is 19.1 Å². The number of carboxylic acids is 2. The fraction of sp³-hybridized carbons (Fsp3) is 0.903. The summed E-state index contributed by atoms with van der Waals surface area (Å²) in [5.74, 6) is 1.76. The summed E-state index contributed by atoms with van der Waals surface area (Å²) in [5, 5.41) is 20.1. The van der Waals surface area contributed by atoms with Gasteiger partial charge in [0, 0.05) is 0 Å². The van der Waals surface area contributed by atoms with Crippen molar-refractivity contribution in [3.05, 3.63) is 0 Å². The van der Waals surface area contributed by atoms with Gasteiger partial charge in [-0.1, -0.05) is 13.8 Å². The summed E-state index contributed by atoms with van der Waals surface area (Å²) in [5.41, 5.74) is -0.711. The maximum atomic E-state index is 13.5. The molecule has 0 radical (unpaired) electrons.